The third-order valence-electron chi connectivity index (χ3n) is 5.01. The molecule has 1 aromatic carbocycles. The van der Waals surface area contributed by atoms with Crippen LogP contribution in [0.4, 0.5) is 5.95 Å². The Morgan fingerprint density at radius 2 is 1.78 bits per heavy atom. The second-order valence-electron chi connectivity index (χ2n) is 7.25. The number of nitrogens with one attached hydrogen (secondary N) is 1. The van der Waals surface area contributed by atoms with Gasteiger partial charge in [0.15, 0.2) is 5.82 Å². The van der Waals surface area contributed by atoms with E-state index in [0.717, 1.165) is 61.2 Å². The second kappa shape index (κ2) is 7.84. The standard InChI is InChI=1S/C20H25N7/c1-26(2)20-21-12-15(13-22-20)14-27-10-8-17(9-11-27)19-23-18(24-25-19)16-6-4-3-5-7-16/h3-7,12-13,17H,8-11,14H2,1-2H3,(H,23,24,25). The van der Waals surface area contributed by atoms with Crippen LogP contribution in [0.2, 0.25) is 0 Å². The summed E-state index contributed by atoms with van der Waals surface area (Å²) in [6.07, 6.45) is 6.02. The van der Waals surface area contributed by atoms with Gasteiger partial charge in [0.05, 0.1) is 0 Å². The Morgan fingerprint density at radius 1 is 1.07 bits per heavy atom. The first-order valence-electron chi connectivity index (χ1n) is 9.37. The molecule has 4 rings (SSSR count). The molecule has 7 nitrogen and oxygen atoms in total. The van der Waals surface area contributed by atoms with E-state index in [1.54, 1.807) is 0 Å². The molecular formula is C20H25N7. The van der Waals surface area contributed by atoms with Crippen molar-refractivity contribution in [3.05, 3.63) is 54.1 Å². The van der Waals surface area contributed by atoms with Gasteiger partial charge in [-0.15, -0.1) is 0 Å². The fourth-order valence-electron chi connectivity index (χ4n) is 3.46. The lowest BCUT2D eigenvalue weighted by atomic mass is 9.96. The lowest BCUT2D eigenvalue weighted by Gasteiger charge is -2.30. The highest BCUT2D eigenvalue weighted by atomic mass is 15.2. The fourth-order valence-corrected chi connectivity index (χ4v) is 3.46. The zero-order valence-corrected chi connectivity index (χ0v) is 15.8. The molecule has 0 radical (unpaired) electrons. The first kappa shape index (κ1) is 17.6. The minimum Gasteiger partial charge on any atom is -0.347 e. The SMILES string of the molecule is CN(C)c1ncc(CN2CCC(c3nc(-c4ccccc4)n[nH]3)CC2)cn1. The molecule has 140 valence electrons. The van der Waals surface area contributed by atoms with Crippen molar-refractivity contribution < 1.29 is 0 Å². The second-order valence-corrected chi connectivity index (χ2v) is 7.25. The molecule has 0 saturated carbocycles. The van der Waals surface area contributed by atoms with Gasteiger partial charge in [-0.3, -0.25) is 10.00 Å². The normalized spacial score (nSPS) is 15.8. The maximum Gasteiger partial charge on any atom is 0.224 e. The Morgan fingerprint density at radius 3 is 2.44 bits per heavy atom. The smallest absolute Gasteiger partial charge is 0.224 e. The van der Waals surface area contributed by atoms with Gasteiger partial charge >= 0.3 is 0 Å². The van der Waals surface area contributed by atoms with Gasteiger partial charge in [-0.25, -0.2) is 15.0 Å². The third-order valence-corrected chi connectivity index (χ3v) is 5.01. The molecule has 3 heterocycles. The highest BCUT2D eigenvalue weighted by Gasteiger charge is 2.23. The van der Waals surface area contributed by atoms with Crippen LogP contribution >= 0.6 is 0 Å². The number of hydrogen-bond donors (Lipinski definition) is 1. The van der Waals surface area contributed by atoms with Gasteiger partial charge in [0.25, 0.3) is 0 Å². The van der Waals surface area contributed by atoms with Gasteiger partial charge in [0.1, 0.15) is 5.82 Å². The summed E-state index contributed by atoms with van der Waals surface area (Å²) in [5, 5.41) is 7.55. The molecule has 0 amide bonds. The first-order chi connectivity index (χ1) is 13.2. The molecule has 0 atom stereocenters. The summed E-state index contributed by atoms with van der Waals surface area (Å²) in [5.74, 6) is 2.98. The number of aromatic amines is 1. The third kappa shape index (κ3) is 4.14. The summed E-state index contributed by atoms with van der Waals surface area (Å²) in [4.78, 5) is 17.9. The van der Waals surface area contributed by atoms with Crippen LogP contribution in [-0.4, -0.2) is 57.2 Å². The number of hydrogen-bond acceptors (Lipinski definition) is 6. The monoisotopic (exact) mass is 363 g/mol. The molecule has 1 aliphatic rings. The minimum atomic E-state index is 0.443. The zero-order valence-electron chi connectivity index (χ0n) is 15.8. The van der Waals surface area contributed by atoms with Crippen LogP contribution in [0.15, 0.2) is 42.7 Å². The highest BCUT2D eigenvalue weighted by molar-refractivity contribution is 5.53. The first-order valence-corrected chi connectivity index (χ1v) is 9.37. The molecule has 3 aromatic rings. The lowest BCUT2D eigenvalue weighted by molar-refractivity contribution is 0.201. The Labute approximate surface area is 159 Å². The number of piperidine rings is 1. The van der Waals surface area contributed by atoms with Crippen LogP contribution in [0.5, 0.6) is 0 Å². The van der Waals surface area contributed by atoms with Gasteiger partial charge in [0, 0.05) is 50.1 Å². The van der Waals surface area contributed by atoms with Crippen molar-refractivity contribution >= 4 is 5.95 Å². The molecular weight excluding hydrogens is 338 g/mol. The number of benzene rings is 1. The Hall–Kier alpha value is -2.80. The van der Waals surface area contributed by atoms with E-state index in [-0.39, 0.29) is 0 Å². The maximum atomic E-state index is 4.73. The summed E-state index contributed by atoms with van der Waals surface area (Å²) in [5.41, 5.74) is 2.21. The average molecular weight is 363 g/mol. The summed E-state index contributed by atoms with van der Waals surface area (Å²) in [6, 6.07) is 10.1. The van der Waals surface area contributed by atoms with Gasteiger partial charge in [-0.05, 0) is 25.9 Å². The van der Waals surface area contributed by atoms with E-state index in [4.69, 9.17) is 4.98 Å². The molecule has 0 spiro atoms. The van der Waals surface area contributed by atoms with Crippen molar-refractivity contribution in [2.45, 2.75) is 25.3 Å². The number of anilines is 1. The van der Waals surface area contributed by atoms with Crippen LogP contribution in [0.1, 0.15) is 30.1 Å². The minimum absolute atomic E-state index is 0.443. The predicted molar refractivity (Wildman–Crippen MR) is 105 cm³/mol. The largest absolute Gasteiger partial charge is 0.347 e. The Bertz CT molecular complexity index is 850. The zero-order chi connectivity index (χ0) is 18.6. The van der Waals surface area contributed by atoms with E-state index in [1.165, 1.54) is 0 Å². The van der Waals surface area contributed by atoms with E-state index >= 15 is 0 Å². The van der Waals surface area contributed by atoms with Crippen molar-refractivity contribution in [3.8, 4) is 11.4 Å². The molecule has 7 heteroatoms. The van der Waals surface area contributed by atoms with Crippen molar-refractivity contribution in [2.75, 3.05) is 32.1 Å². The van der Waals surface area contributed by atoms with Crippen molar-refractivity contribution in [3.63, 3.8) is 0 Å². The van der Waals surface area contributed by atoms with Crippen LogP contribution < -0.4 is 4.90 Å². The molecule has 1 fully saturated rings. The molecule has 2 aromatic heterocycles. The number of aromatic nitrogens is 5. The summed E-state index contributed by atoms with van der Waals surface area (Å²) in [7, 11) is 3.90. The van der Waals surface area contributed by atoms with Crippen molar-refractivity contribution in [1.82, 2.24) is 30.0 Å². The van der Waals surface area contributed by atoms with E-state index in [9.17, 15) is 0 Å². The average Bonchev–Trinajstić information content (AvgIpc) is 3.20. The van der Waals surface area contributed by atoms with E-state index in [0.29, 0.717) is 5.92 Å². The number of nitrogens with zero attached hydrogens (tertiary/aromatic N) is 6. The number of rotatable bonds is 5. The lowest BCUT2D eigenvalue weighted by Crippen LogP contribution is -2.32. The highest BCUT2D eigenvalue weighted by Crippen LogP contribution is 2.27. The number of likely N-dealkylation sites (tertiary alicyclic amines) is 1. The Balaban J connectivity index is 1.33. The topological polar surface area (TPSA) is 73.8 Å². The summed E-state index contributed by atoms with van der Waals surface area (Å²) < 4.78 is 0. The van der Waals surface area contributed by atoms with Crippen LogP contribution in [0.3, 0.4) is 0 Å². The number of H-pyrrole nitrogens is 1. The van der Waals surface area contributed by atoms with Gasteiger partial charge < -0.3 is 4.90 Å². The quantitative estimate of drug-likeness (QED) is 0.751. The maximum absolute atomic E-state index is 4.73. The van der Waals surface area contributed by atoms with Gasteiger partial charge in [-0.2, -0.15) is 5.10 Å². The van der Waals surface area contributed by atoms with Crippen molar-refractivity contribution in [2.24, 2.45) is 0 Å². The van der Waals surface area contributed by atoms with E-state index in [2.05, 4.69) is 25.1 Å². The Kier molecular flexibility index (Phi) is 5.11. The van der Waals surface area contributed by atoms with Crippen LogP contribution in [0, 0.1) is 0 Å². The van der Waals surface area contributed by atoms with Gasteiger partial charge in [0.2, 0.25) is 5.95 Å². The predicted octanol–water partition coefficient (Wildman–Crippen LogP) is 2.71. The molecule has 1 aliphatic heterocycles. The molecule has 0 bridgehead atoms. The summed E-state index contributed by atoms with van der Waals surface area (Å²) in [6.45, 7) is 2.98. The fraction of sp³-hybridized carbons (Fsp3) is 0.400. The molecule has 1 N–H and O–H groups in total. The summed E-state index contributed by atoms with van der Waals surface area (Å²) >= 11 is 0. The molecule has 27 heavy (non-hydrogen) atoms. The molecule has 0 unspecified atom stereocenters. The van der Waals surface area contributed by atoms with E-state index in [1.807, 2.05) is 61.7 Å². The van der Waals surface area contributed by atoms with Crippen LogP contribution in [-0.2, 0) is 6.54 Å². The van der Waals surface area contributed by atoms with Gasteiger partial charge in [-0.1, -0.05) is 30.3 Å². The van der Waals surface area contributed by atoms with E-state index < -0.39 is 0 Å². The molecule has 0 aliphatic carbocycles. The van der Waals surface area contributed by atoms with Crippen molar-refractivity contribution in [1.29, 1.82) is 0 Å². The van der Waals surface area contributed by atoms with Crippen LogP contribution in [0.25, 0.3) is 11.4 Å². The molecule has 1 saturated heterocycles.